The van der Waals surface area contributed by atoms with E-state index in [0.29, 0.717) is 32.5 Å². The Hall–Kier alpha value is -3.18. The van der Waals surface area contributed by atoms with Crippen molar-refractivity contribution in [3.8, 4) is 0 Å². The summed E-state index contributed by atoms with van der Waals surface area (Å²) in [5.41, 5.74) is 1.58. The molecule has 0 radical (unpaired) electrons. The SMILES string of the molecule is CN1CC=C[C@@H]2S[C@]34C=CCN(Cn5nnc6ccccc65)C(=O)C3N(CCCCO)C(=O)[C@@H]4[C@@H]2C1=O. The zero-order chi connectivity index (χ0) is 25.7. The normalized spacial score (nSPS) is 31.1. The van der Waals surface area contributed by atoms with Crippen LogP contribution in [-0.2, 0) is 21.1 Å². The first-order valence-electron chi connectivity index (χ1n) is 12.7. The molecule has 1 unspecified atom stereocenters. The summed E-state index contributed by atoms with van der Waals surface area (Å²) in [6.45, 7) is 1.47. The number of likely N-dealkylation sites (tertiary alicyclic amines) is 1. The number of hydrogen-bond acceptors (Lipinski definition) is 7. The number of aromatic nitrogens is 3. The molecule has 10 nitrogen and oxygen atoms in total. The molecule has 1 aromatic heterocycles. The quantitative estimate of drug-likeness (QED) is 0.443. The average Bonchev–Trinajstić information content (AvgIpc) is 3.45. The number of rotatable bonds is 6. The molecule has 4 aliphatic rings. The Morgan fingerprint density at radius 2 is 1.92 bits per heavy atom. The Morgan fingerprint density at radius 1 is 1.08 bits per heavy atom. The highest BCUT2D eigenvalue weighted by molar-refractivity contribution is 8.02. The van der Waals surface area contributed by atoms with Gasteiger partial charge in [-0.05, 0) is 25.0 Å². The lowest BCUT2D eigenvalue weighted by atomic mass is 9.78. The van der Waals surface area contributed by atoms with Crippen LogP contribution in [0.4, 0.5) is 0 Å². The minimum atomic E-state index is -0.833. The number of unbranched alkanes of at least 4 members (excludes halogenated alkanes) is 1. The minimum absolute atomic E-state index is 0.0220. The molecule has 6 rings (SSSR count). The molecule has 37 heavy (non-hydrogen) atoms. The van der Waals surface area contributed by atoms with Crippen molar-refractivity contribution in [1.82, 2.24) is 29.7 Å². The Bertz CT molecular complexity index is 1310. The first-order chi connectivity index (χ1) is 18.0. The van der Waals surface area contributed by atoms with Gasteiger partial charge in [-0.15, -0.1) is 16.9 Å². The molecule has 0 saturated carbocycles. The van der Waals surface area contributed by atoms with Gasteiger partial charge in [0.2, 0.25) is 17.7 Å². The highest BCUT2D eigenvalue weighted by Crippen LogP contribution is 2.61. The molecule has 11 heteroatoms. The molecule has 2 fully saturated rings. The van der Waals surface area contributed by atoms with Crippen molar-refractivity contribution in [1.29, 1.82) is 0 Å². The number of hydrogen-bond donors (Lipinski definition) is 1. The lowest BCUT2D eigenvalue weighted by Crippen LogP contribution is -2.53. The van der Waals surface area contributed by atoms with Gasteiger partial charge in [0, 0.05) is 38.5 Å². The molecular weight excluding hydrogens is 492 g/mol. The summed E-state index contributed by atoms with van der Waals surface area (Å²) in [7, 11) is 1.76. The standard InChI is InChI=1S/C26H30N6O4S/c1-29-12-6-10-19-20(23(29)34)21-24(35)31(14-4-5-15-33)22-25(36)30(13-7-11-26(21,22)37-19)16-32-18-9-3-2-8-17(18)27-28-32/h2-3,6-11,19-22,33H,4-5,12-16H2,1H3/t19-,20+,21-,22?,26-/m0/s1. The van der Waals surface area contributed by atoms with E-state index in [2.05, 4.69) is 10.3 Å². The molecule has 0 bridgehead atoms. The van der Waals surface area contributed by atoms with E-state index in [1.165, 1.54) is 0 Å². The number of para-hydroxylation sites is 1. The topological polar surface area (TPSA) is 112 Å². The van der Waals surface area contributed by atoms with E-state index in [1.54, 1.807) is 38.2 Å². The largest absolute Gasteiger partial charge is 0.396 e. The number of thioether (sulfide) groups is 1. The van der Waals surface area contributed by atoms with Crippen LogP contribution >= 0.6 is 11.8 Å². The summed E-state index contributed by atoms with van der Waals surface area (Å²) >= 11 is 1.58. The number of aliphatic hydroxyl groups is 1. The fraction of sp³-hybridized carbons (Fsp3) is 0.500. The number of carbonyl (C=O) groups is 3. The van der Waals surface area contributed by atoms with Crippen LogP contribution < -0.4 is 0 Å². The van der Waals surface area contributed by atoms with Gasteiger partial charge in [0.25, 0.3) is 0 Å². The third kappa shape index (κ3) is 3.70. The van der Waals surface area contributed by atoms with E-state index >= 15 is 0 Å². The van der Waals surface area contributed by atoms with Gasteiger partial charge in [-0.1, -0.05) is 41.7 Å². The zero-order valence-corrected chi connectivity index (χ0v) is 21.5. The van der Waals surface area contributed by atoms with E-state index in [9.17, 15) is 19.5 Å². The van der Waals surface area contributed by atoms with Crippen molar-refractivity contribution < 1.29 is 19.5 Å². The number of aliphatic hydroxyl groups excluding tert-OH is 1. The molecule has 4 aliphatic heterocycles. The average molecular weight is 523 g/mol. The van der Waals surface area contributed by atoms with Gasteiger partial charge in [-0.3, -0.25) is 14.4 Å². The second kappa shape index (κ2) is 9.29. The van der Waals surface area contributed by atoms with Crippen LogP contribution in [0.1, 0.15) is 12.8 Å². The highest BCUT2D eigenvalue weighted by Gasteiger charge is 2.70. The molecule has 194 valence electrons. The Balaban J connectivity index is 1.39. The molecule has 2 aromatic rings. The molecule has 3 amide bonds. The molecule has 5 atom stereocenters. The van der Waals surface area contributed by atoms with E-state index in [1.807, 2.05) is 48.6 Å². The van der Waals surface area contributed by atoms with Crippen molar-refractivity contribution in [3.05, 3.63) is 48.6 Å². The van der Waals surface area contributed by atoms with Crippen molar-refractivity contribution in [2.75, 3.05) is 33.3 Å². The Kier molecular flexibility index (Phi) is 6.07. The summed E-state index contributed by atoms with van der Waals surface area (Å²) in [6.07, 6.45) is 9.12. The number of likely N-dealkylation sites (N-methyl/N-ethyl adjacent to an activating group) is 1. The predicted octanol–water partition coefficient (Wildman–Crippen LogP) is 0.885. The van der Waals surface area contributed by atoms with Crippen LogP contribution in [0.5, 0.6) is 0 Å². The van der Waals surface area contributed by atoms with Crippen LogP contribution in [0.15, 0.2) is 48.6 Å². The lowest BCUT2D eigenvalue weighted by Gasteiger charge is -2.35. The van der Waals surface area contributed by atoms with E-state index in [4.69, 9.17) is 0 Å². The second-order valence-corrected chi connectivity index (χ2v) is 11.6. The number of amides is 3. The van der Waals surface area contributed by atoms with E-state index in [0.717, 1.165) is 11.0 Å². The molecular formula is C26H30N6O4S. The van der Waals surface area contributed by atoms with Gasteiger partial charge < -0.3 is 19.8 Å². The van der Waals surface area contributed by atoms with Gasteiger partial charge in [0.15, 0.2) is 0 Å². The number of fused-ring (bicyclic) bond motifs is 3. The maximum atomic E-state index is 14.3. The smallest absolute Gasteiger partial charge is 0.248 e. The number of nitrogens with zero attached hydrogens (tertiary/aromatic N) is 6. The zero-order valence-electron chi connectivity index (χ0n) is 20.6. The van der Waals surface area contributed by atoms with E-state index in [-0.39, 0.29) is 36.2 Å². The Morgan fingerprint density at radius 3 is 2.76 bits per heavy atom. The fourth-order valence-corrected chi connectivity index (χ4v) is 8.26. The van der Waals surface area contributed by atoms with Crippen molar-refractivity contribution in [2.24, 2.45) is 11.8 Å². The molecule has 1 spiro atoms. The monoisotopic (exact) mass is 522 g/mol. The molecule has 5 heterocycles. The van der Waals surface area contributed by atoms with Crippen LogP contribution in [-0.4, -0.2) is 102 Å². The van der Waals surface area contributed by atoms with Gasteiger partial charge in [0.05, 0.1) is 22.1 Å². The maximum Gasteiger partial charge on any atom is 0.248 e. The summed E-state index contributed by atoms with van der Waals surface area (Å²) in [5, 5.41) is 17.7. The lowest BCUT2D eigenvalue weighted by molar-refractivity contribution is -0.144. The molecule has 1 N–H and O–H groups in total. The third-order valence-corrected chi connectivity index (χ3v) is 9.72. The van der Waals surface area contributed by atoms with Gasteiger partial charge in [-0.25, -0.2) is 4.68 Å². The van der Waals surface area contributed by atoms with Crippen molar-refractivity contribution >= 4 is 40.5 Å². The highest BCUT2D eigenvalue weighted by atomic mass is 32.2. The van der Waals surface area contributed by atoms with Crippen LogP contribution in [0.25, 0.3) is 11.0 Å². The van der Waals surface area contributed by atoms with Crippen LogP contribution in [0.3, 0.4) is 0 Å². The number of benzene rings is 1. The summed E-state index contributed by atoms with van der Waals surface area (Å²) < 4.78 is 0.871. The number of carbonyl (C=O) groups excluding carboxylic acids is 3. The van der Waals surface area contributed by atoms with Crippen molar-refractivity contribution in [2.45, 2.75) is 35.5 Å². The third-order valence-electron chi connectivity index (χ3n) is 7.98. The summed E-state index contributed by atoms with van der Waals surface area (Å²) in [6, 6.07) is 6.86. The first kappa shape index (κ1) is 24.2. The molecule has 1 aromatic carbocycles. The van der Waals surface area contributed by atoms with Crippen LogP contribution in [0, 0.1) is 11.8 Å². The Labute approximate surface area is 218 Å². The minimum Gasteiger partial charge on any atom is -0.396 e. The van der Waals surface area contributed by atoms with Crippen LogP contribution in [0.2, 0.25) is 0 Å². The second-order valence-electron chi connectivity index (χ2n) is 10.1. The molecule has 2 saturated heterocycles. The summed E-state index contributed by atoms with van der Waals surface area (Å²) in [4.78, 5) is 46.8. The van der Waals surface area contributed by atoms with Crippen molar-refractivity contribution in [3.63, 3.8) is 0 Å². The first-order valence-corrected chi connectivity index (χ1v) is 13.6. The van der Waals surface area contributed by atoms with Gasteiger partial charge in [-0.2, -0.15) is 0 Å². The predicted molar refractivity (Wildman–Crippen MR) is 138 cm³/mol. The van der Waals surface area contributed by atoms with Gasteiger partial charge in [0.1, 0.15) is 18.2 Å². The summed E-state index contributed by atoms with van der Waals surface area (Å²) in [5.74, 6) is -1.49. The maximum absolute atomic E-state index is 14.3. The fourth-order valence-electron chi connectivity index (χ4n) is 6.25. The molecule has 0 aliphatic carbocycles. The van der Waals surface area contributed by atoms with Gasteiger partial charge >= 0.3 is 0 Å². The van der Waals surface area contributed by atoms with E-state index < -0.39 is 22.6 Å².